The molecule has 2 aromatic heterocycles. The van der Waals surface area contributed by atoms with Crippen molar-refractivity contribution in [2.24, 2.45) is 0 Å². The molecule has 0 bridgehead atoms. The number of nitrogens with zero attached hydrogens (tertiary/aromatic N) is 3. The number of fused-ring (bicyclic) bond motifs is 6. The van der Waals surface area contributed by atoms with Crippen molar-refractivity contribution in [3.63, 3.8) is 0 Å². The normalized spacial score (nSPS) is 16.9. The molecule has 0 atom stereocenters. The molecule has 0 saturated carbocycles. The smallest absolute Gasteiger partial charge is 0.235 e. The van der Waals surface area contributed by atoms with Gasteiger partial charge < -0.3 is 0 Å². The van der Waals surface area contributed by atoms with E-state index in [9.17, 15) is 0 Å². The zero-order valence-electron chi connectivity index (χ0n) is 31.7. The fourth-order valence-electron chi connectivity index (χ4n) is 5.93. The Morgan fingerprint density at radius 3 is 1.93 bits per heavy atom. The van der Waals surface area contributed by atoms with E-state index >= 15 is 0 Å². The highest BCUT2D eigenvalue weighted by molar-refractivity contribution is 6.11. The number of rotatable bonds is 3. The van der Waals surface area contributed by atoms with E-state index in [0.717, 1.165) is 38.5 Å². The Morgan fingerprint density at radius 1 is 0.600 bits per heavy atom. The Labute approximate surface area is 247 Å². The summed E-state index contributed by atoms with van der Waals surface area (Å²) < 4.78 is 86.3. The number of para-hydroxylation sites is 1. The Kier molecular flexibility index (Phi) is 3.17. The Bertz CT molecular complexity index is 2500. The van der Waals surface area contributed by atoms with E-state index < -0.39 is 60.4 Å². The molecule has 0 aliphatic heterocycles. The highest BCUT2D eigenvalue weighted by Crippen LogP contribution is 2.50. The standard InChI is InChI=1S/C37H27N3/c1-37(2)30-19-11-9-17-26(30)28-21-29-27-18-10-12-20-34(27)40(35(29)22-31(28)37)36-38-32(24-13-5-3-6-14-24)23-33(39-36)25-15-7-4-8-16-25/h3-23H,1-2H3/i3D,4D,5D,6D,7D,8D,13D,14D,15D,16D. The van der Waals surface area contributed by atoms with E-state index in [2.05, 4.69) is 38.1 Å². The summed E-state index contributed by atoms with van der Waals surface area (Å²) in [4.78, 5) is 9.65. The topological polar surface area (TPSA) is 30.7 Å². The van der Waals surface area contributed by atoms with Crippen LogP contribution in [0.5, 0.6) is 0 Å². The molecule has 3 heteroatoms. The summed E-state index contributed by atoms with van der Waals surface area (Å²) in [6.45, 7) is 4.34. The molecule has 7 aromatic rings. The summed E-state index contributed by atoms with van der Waals surface area (Å²) in [5, 5.41) is 1.81. The summed E-state index contributed by atoms with van der Waals surface area (Å²) >= 11 is 0. The highest BCUT2D eigenvalue weighted by Gasteiger charge is 2.36. The van der Waals surface area contributed by atoms with E-state index in [1.165, 1.54) is 11.6 Å². The van der Waals surface area contributed by atoms with E-state index in [-0.39, 0.29) is 33.9 Å². The monoisotopic (exact) mass is 523 g/mol. The molecule has 2 heterocycles. The number of benzene rings is 5. The molecule has 190 valence electrons. The van der Waals surface area contributed by atoms with Gasteiger partial charge in [0.25, 0.3) is 0 Å². The molecule has 0 N–H and O–H groups in total. The van der Waals surface area contributed by atoms with Gasteiger partial charge in [-0.15, -0.1) is 0 Å². The van der Waals surface area contributed by atoms with E-state index in [1.807, 2.05) is 41.0 Å². The first-order valence-electron chi connectivity index (χ1n) is 18.0. The van der Waals surface area contributed by atoms with Gasteiger partial charge in [-0.25, -0.2) is 9.97 Å². The summed E-state index contributed by atoms with van der Waals surface area (Å²) in [7, 11) is 0. The number of aromatic nitrogens is 3. The van der Waals surface area contributed by atoms with Crippen LogP contribution >= 0.6 is 0 Å². The molecule has 0 saturated heterocycles. The van der Waals surface area contributed by atoms with Crippen molar-refractivity contribution in [2.45, 2.75) is 19.3 Å². The third-order valence-corrected chi connectivity index (χ3v) is 7.80. The summed E-state index contributed by atoms with van der Waals surface area (Å²) in [5.74, 6) is 0.0376. The summed E-state index contributed by atoms with van der Waals surface area (Å²) in [6.07, 6.45) is 0. The van der Waals surface area contributed by atoms with E-state index in [1.54, 1.807) is 0 Å². The quantitative estimate of drug-likeness (QED) is 0.231. The van der Waals surface area contributed by atoms with Crippen molar-refractivity contribution >= 4 is 21.8 Å². The largest absolute Gasteiger partial charge is 0.278 e. The minimum atomic E-state index is -0.566. The maximum absolute atomic E-state index is 8.73. The van der Waals surface area contributed by atoms with Crippen LogP contribution in [-0.4, -0.2) is 14.5 Å². The Morgan fingerprint density at radius 2 is 1.23 bits per heavy atom. The van der Waals surface area contributed by atoms with Crippen molar-refractivity contribution in [3.8, 4) is 39.6 Å². The van der Waals surface area contributed by atoms with Crippen LogP contribution in [0.3, 0.4) is 0 Å². The van der Waals surface area contributed by atoms with Crippen LogP contribution in [0.2, 0.25) is 0 Å². The van der Waals surface area contributed by atoms with Gasteiger partial charge in [0.05, 0.1) is 36.1 Å². The van der Waals surface area contributed by atoms with Crippen LogP contribution < -0.4 is 0 Å². The van der Waals surface area contributed by atoms with Crippen molar-refractivity contribution in [2.75, 3.05) is 0 Å². The van der Waals surface area contributed by atoms with E-state index in [0.29, 0.717) is 0 Å². The second kappa shape index (κ2) is 8.49. The number of hydrogen-bond donors (Lipinski definition) is 0. The average Bonchev–Trinajstić information content (AvgIpc) is 3.55. The molecule has 5 aromatic carbocycles. The molecule has 0 spiro atoms. The van der Waals surface area contributed by atoms with Crippen molar-refractivity contribution in [1.82, 2.24) is 14.5 Å². The lowest BCUT2D eigenvalue weighted by Crippen LogP contribution is -2.15. The molecule has 0 amide bonds. The first kappa shape index (κ1) is 14.9. The highest BCUT2D eigenvalue weighted by atomic mass is 15.2. The van der Waals surface area contributed by atoms with Gasteiger partial charge in [0.2, 0.25) is 5.95 Å². The van der Waals surface area contributed by atoms with Crippen LogP contribution in [0.15, 0.2) is 127 Å². The maximum atomic E-state index is 8.73. The molecular formula is C37H27N3. The first-order chi connectivity index (χ1) is 23.7. The molecule has 0 unspecified atom stereocenters. The molecule has 0 fully saturated rings. The fourth-order valence-corrected chi connectivity index (χ4v) is 5.93. The summed E-state index contributed by atoms with van der Waals surface area (Å²) in [5.41, 5.74) is 5.14. The van der Waals surface area contributed by atoms with Crippen molar-refractivity contribution in [1.29, 1.82) is 0 Å². The molecule has 40 heavy (non-hydrogen) atoms. The predicted molar refractivity (Wildman–Crippen MR) is 165 cm³/mol. The van der Waals surface area contributed by atoms with Crippen LogP contribution in [0, 0.1) is 0 Å². The molecule has 8 rings (SSSR count). The Hall–Kier alpha value is -5.02. The lowest BCUT2D eigenvalue weighted by atomic mass is 9.82. The second-order valence-corrected chi connectivity index (χ2v) is 10.4. The SMILES string of the molecule is [2H]c1c([2H])c([2H])c(-c2cc(-c3c([2H])c([2H])c([2H])c([2H])c3[2H])nc(-n3c4ccccc4c4cc5c(cc43)C(C)(C)c3ccccc3-5)n2)c([2H])c1[2H]. The van der Waals surface area contributed by atoms with Gasteiger partial charge in [-0.2, -0.15) is 0 Å². The van der Waals surface area contributed by atoms with Gasteiger partial charge in [0.1, 0.15) is 0 Å². The molecule has 1 aliphatic rings. The molecule has 0 radical (unpaired) electrons. The van der Waals surface area contributed by atoms with Crippen molar-refractivity contribution < 1.29 is 13.7 Å². The fraction of sp³-hybridized carbons (Fsp3) is 0.0811. The van der Waals surface area contributed by atoms with E-state index in [4.69, 9.17) is 23.7 Å². The lowest BCUT2D eigenvalue weighted by Gasteiger charge is -2.21. The minimum Gasteiger partial charge on any atom is -0.278 e. The van der Waals surface area contributed by atoms with Gasteiger partial charge in [0.15, 0.2) is 0 Å². The van der Waals surface area contributed by atoms with Gasteiger partial charge in [-0.1, -0.05) is 117 Å². The predicted octanol–water partition coefficient (Wildman–Crippen LogP) is 9.21. The third-order valence-electron chi connectivity index (χ3n) is 7.80. The number of hydrogen-bond acceptors (Lipinski definition) is 2. The minimum absolute atomic E-state index is 0.0376. The zero-order chi connectivity index (χ0) is 35.5. The van der Waals surface area contributed by atoms with Crippen LogP contribution in [0.4, 0.5) is 0 Å². The molecular weight excluding hydrogens is 486 g/mol. The first-order valence-corrected chi connectivity index (χ1v) is 13.0. The molecule has 3 nitrogen and oxygen atoms in total. The average molecular weight is 524 g/mol. The van der Waals surface area contributed by atoms with Gasteiger partial charge in [0, 0.05) is 27.3 Å². The Balaban J connectivity index is 1.52. The van der Waals surface area contributed by atoms with Crippen molar-refractivity contribution in [3.05, 3.63) is 138 Å². The second-order valence-electron chi connectivity index (χ2n) is 10.4. The summed E-state index contributed by atoms with van der Waals surface area (Å²) in [6, 6.07) is 16.3. The van der Waals surface area contributed by atoms with Crippen LogP contribution in [-0.2, 0) is 5.41 Å². The zero-order valence-corrected chi connectivity index (χ0v) is 21.7. The van der Waals surface area contributed by atoms with Gasteiger partial charge in [-0.05, 0) is 46.5 Å². The maximum Gasteiger partial charge on any atom is 0.235 e. The third kappa shape index (κ3) is 3.31. The van der Waals surface area contributed by atoms with Crippen LogP contribution in [0.1, 0.15) is 38.7 Å². The van der Waals surface area contributed by atoms with Gasteiger partial charge in [-0.3, -0.25) is 4.57 Å². The molecule has 1 aliphatic carbocycles. The van der Waals surface area contributed by atoms with Crippen LogP contribution in [0.25, 0.3) is 61.4 Å². The lowest BCUT2D eigenvalue weighted by molar-refractivity contribution is 0.661. The van der Waals surface area contributed by atoms with Gasteiger partial charge >= 0.3 is 0 Å².